The number of nitrogens with one attached hydrogen (secondary N) is 1. The maximum atomic E-state index is 5.54. The predicted octanol–water partition coefficient (Wildman–Crippen LogP) is 3.08. The molecular weight excluding hydrogens is 222 g/mol. The lowest BCUT2D eigenvalue weighted by molar-refractivity contribution is 0.663. The number of benzene rings is 1. The summed E-state index contributed by atoms with van der Waals surface area (Å²) in [5.74, 6) is 0. The topological polar surface area (TPSA) is 50.9 Å². The lowest BCUT2D eigenvalue weighted by atomic mass is 10.1. The summed E-state index contributed by atoms with van der Waals surface area (Å²) in [6.45, 7) is 5.05. The number of hydrogen-bond acceptors (Lipinski definition) is 3. The molecule has 3 N–H and O–H groups in total. The van der Waals surface area contributed by atoms with Gasteiger partial charge in [-0.2, -0.15) is 0 Å². The van der Waals surface area contributed by atoms with Crippen molar-refractivity contribution in [2.24, 2.45) is 5.73 Å². The molecule has 0 aliphatic heterocycles. The van der Waals surface area contributed by atoms with Crippen molar-refractivity contribution in [3.8, 4) is 0 Å². The van der Waals surface area contributed by atoms with E-state index in [2.05, 4.69) is 42.3 Å². The summed E-state index contributed by atoms with van der Waals surface area (Å²) in [4.78, 5) is 4.47. The zero-order valence-electron chi connectivity index (χ0n) is 11.1. The maximum absolute atomic E-state index is 5.54. The molecule has 2 aromatic rings. The molecule has 0 radical (unpaired) electrons. The molecule has 0 saturated heterocycles. The minimum Gasteiger partial charge on any atom is -0.381 e. The van der Waals surface area contributed by atoms with E-state index < -0.39 is 0 Å². The van der Waals surface area contributed by atoms with Gasteiger partial charge in [-0.3, -0.25) is 4.98 Å². The minimum absolute atomic E-state index is 0.417. The first-order valence-corrected chi connectivity index (χ1v) is 6.52. The molecule has 0 aliphatic carbocycles. The highest BCUT2D eigenvalue weighted by molar-refractivity contribution is 5.91. The molecule has 18 heavy (non-hydrogen) atoms. The number of rotatable bonds is 5. The highest BCUT2D eigenvalue weighted by atomic mass is 14.9. The summed E-state index contributed by atoms with van der Waals surface area (Å²) in [6.07, 6.45) is 3.97. The van der Waals surface area contributed by atoms with E-state index in [0.717, 1.165) is 30.6 Å². The Morgan fingerprint density at radius 1 is 1.39 bits per heavy atom. The fraction of sp³-hybridized carbons (Fsp3) is 0.400. The number of hydrogen-bond donors (Lipinski definition) is 2. The molecule has 0 amide bonds. The second-order valence-electron chi connectivity index (χ2n) is 4.86. The van der Waals surface area contributed by atoms with Crippen molar-refractivity contribution in [2.75, 3.05) is 11.9 Å². The van der Waals surface area contributed by atoms with Crippen LogP contribution in [0.4, 0.5) is 5.69 Å². The Labute approximate surface area is 108 Å². The third kappa shape index (κ3) is 2.99. The van der Waals surface area contributed by atoms with Crippen molar-refractivity contribution < 1.29 is 0 Å². The van der Waals surface area contributed by atoms with Crippen LogP contribution in [0.2, 0.25) is 0 Å². The lowest BCUT2D eigenvalue weighted by Gasteiger charge is -2.16. The van der Waals surface area contributed by atoms with E-state index in [0.29, 0.717) is 6.04 Å². The van der Waals surface area contributed by atoms with Gasteiger partial charge in [-0.1, -0.05) is 6.07 Å². The largest absolute Gasteiger partial charge is 0.381 e. The van der Waals surface area contributed by atoms with Crippen LogP contribution in [0.1, 0.15) is 25.3 Å². The average molecular weight is 243 g/mol. The van der Waals surface area contributed by atoms with Crippen LogP contribution >= 0.6 is 0 Å². The van der Waals surface area contributed by atoms with E-state index in [-0.39, 0.29) is 0 Å². The number of anilines is 1. The van der Waals surface area contributed by atoms with E-state index in [1.54, 1.807) is 0 Å². The monoisotopic (exact) mass is 243 g/mol. The second-order valence-corrected chi connectivity index (χ2v) is 4.86. The molecule has 0 aliphatic rings. The maximum Gasteiger partial charge on any atom is 0.0933 e. The van der Waals surface area contributed by atoms with Crippen LogP contribution in [-0.4, -0.2) is 17.6 Å². The van der Waals surface area contributed by atoms with Gasteiger partial charge in [0.2, 0.25) is 0 Å². The lowest BCUT2D eigenvalue weighted by Crippen LogP contribution is -2.17. The Morgan fingerprint density at radius 2 is 2.22 bits per heavy atom. The van der Waals surface area contributed by atoms with Crippen LogP contribution in [0, 0.1) is 6.92 Å². The Hall–Kier alpha value is -1.61. The highest BCUT2D eigenvalue weighted by Crippen LogP contribution is 2.24. The van der Waals surface area contributed by atoms with Crippen molar-refractivity contribution >= 4 is 16.6 Å². The zero-order chi connectivity index (χ0) is 13.0. The van der Waals surface area contributed by atoms with Crippen molar-refractivity contribution in [2.45, 2.75) is 32.7 Å². The molecule has 1 aromatic heterocycles. The number of nitrogens with zero attached hydrogens (tertiary/aromatic N) is 1. The van der Waals surface area contributed by atoms with E-state index in [1.165, 1.54) is 10.9 Å². The first kappa shape index (κ1) is 12.8. The van der Waals surface area contributed by atoms with Gasteiger partial charge < -0.3 is 11.1 Å². The summed E-state index contributed by atoms with van der Waals surface area (Å²) >= 11 is 0. The van der Waals surface area contributed by atoms with Gasteiger partial charge in [0.15, 0.2) is 0 Å². The third-order valence-corrected chi connectivity index (χ3v) is 3.09. The fourth-order valence-corrected chi connectivity index (χ4v) is 2.21. The van der Waals surface area contributed by atoms with Gasteiger partial charge in [0, 0.05) is 17.6 Å². The van der Waals surface area contributed by atoms with E-state index in [9.17, 15) is 0 Å². The minimum atomic E-state index is 0.417. The van der Waals surface area contributed by atoms with Gasteiger partial charge >= 0.3 is 0 Å². The fourth-order valence-electron chi connectivity index (χ4n) is 2.21. The smallest absolute Gasteiger partial charge is 0.0933 e. The quantitative estimate of drug-likeness (QED) is 0.848. The van der Waals surface area contributed by atoms with Crippen molar-refractivity contribution in [3.05, 3.63) is 36.0 Å². The molecule has 0 bridgehead atoms. The average Bonchev–Trinajstić information content (AvgIpc) is 2.36. The van der Waals surface area contributed by atoms with Gasteiger partial charge in [-0.25, -0.2) is 0 Å². The standard InChI is InChI=1S/C15H21N3/c1-11-9-13-6-4-8-17-15(13)14(10-11)18-12(2)5-3-7-16/h4,6,8-10,12,18H,3,5,7,16H2,1-2H3. The second kappa shape index (κ2) is 5.83. The number of fused-ring (bicyclic) bond motifs is 1. The molecule has 3 nitrogen and oxygen atoms in total. The molecular formula is C15H21N3. The number of nitrogens with two attached hydrogens (primary N) is 1. The molecule has 1 heterocycles. The van der Waals surface area contributed by atoms with Crippen molar-refractivity contribution in [1.29, 1.82) is 0 Å². The highest BCUT2D eigenvalue weighted by Gasteiger charge is 2.06. The molecule has 96 valence electrons. The summed E-state index contributed by atoms with van der Waals surface area (Å²) in [5, 5.41) is 4.73. The summed E-state index contributed by atoms with van der Waals surface area (Å²) in [6, 6.07) is 8.82. The SMILES string of the molecule is Cc1cc(NC(C)CCCN)c2ncccc2c1. The van der Waals surface area contributed by atoms with Gasteiger partial charge in [0.1, 0.15) is 0 Å². The Kier molecular flexibility index (Phi) is 4.15. The number of aryl methyl sites for hydroxylation is 1. The van der Waals surface area contributed by atoms with Crippen LogP contribution in [0.25, 0.3) is 10.9 Å². The molecule has 1 unspecified atom stereocenters. The summed E-state index contributed by atoms with van der Waals surface area (Å²) in [5.41, 5.74) is 8.96. The van der Waals surface area contributed by atoms with Crippen molar-refractivity contribution in [1.82, 2.24) is 4.98 Å². The predicted molar refractivity (Wildman–Crippen MR) is 77.9 cm³/mol. The molecule has 1 atom stereocenters. The number of aromatic nitrogens is 1. The van der Waals surface area contributed by atoms with Gasteiger partial charge in [-0.05, 0) is 57.0 Å². The van der Waals surface area contributed by atoms with E-state index >= 15 is 0 Å². The number of pyridine rings is 1. The Balaban J connectivity index is 2.26. The van der Waals surface area contributed by atoms with Crippen LogP contribution in [-0.2, 0) is 0 Å². The van der Waals surface area contributed by atoms with Crippen LogP contribution in [0.3, 0.4) is 0 Å². The van der Waals surface area contributed by atoms with Crippen molar-refractivity contribution in [3.63, 3.8) is 0 Å². The van der Waals surface area contributed by atoms with Gasteiger partial charge in [0.25, 0.3) is 0 Å². The normalized spacial score (nSPS) is 12.6. The van der Waals surface area contributed by atoms with Gasteiger partial charge in [0.05, 0.1) is 11.2 Å². The molecule has 2 rings (SSSR count). The Bertz CT molecular complexity index is 522. The van der Waals surface area contributed by atoms with E-state index in [1.807, 2.05) is 12.3 Å². The Morgan fingerprint density at radius 3 is 3.00 bits per heavy atom. The molecule has 0 fully saturated rings. The zero-order valence-corrected chi connectivity index (χ0v) is 11.1. The molecule has 0 spiro atoms. The van der Waals surface area contributed by atoms with Crippen LogP contribution in [0.5, 0.6) is 0 Å². The summed E-state index contributed by atoms with van der Waals surface area (Å²) in [7, 11) is 0. The molecule has 3 heteroatoms. The van der Waals surface area contributed by atoms with Gasteiger partial charge in [-0.15, -0.1) is 0 Å². The first-order chi connectivity index (χ1) is 8.70. The third-order valence-electron chi connectivity index (χ3n) is 3.09. The van der Waals surface area contributed by atoms with Crippen LogP contribution < -0.4 is 11.1 Å². The van der Waals surface area contributed by atoms with Crippen LogP contribution in [0.15, 0.2) is 30.5 Å². The van der Waals surface area contributed by atoms with E-state index in [4.69, 9.17) is 5.73 Å². The summed E-state index contributed by atoms with van der Waals surface area (Å²) < 4.78 is 0. The first-order valence-electron chi connectivity index (χ1n) is 6.52. The molecule has 0 saturated carbocycles. The molecule has 1 aromatic carbocycles.